The van der Waals surface area contributed by atoms with Crippen LogP contribution in [0.4, 0.5) is 9.59 Å². The Hall–Kier alpha value is -4.24. The number of nitrogens with one attached hydrogen (secondary N) is 6. The van der Waals surface area contributed by atoms with Crippen molar-refractivity contribution in [1.29, 1.82) is 0 Å². The minimum atomic E-state index is -3.79. The Balaban J connectivity index is 0.695. The van der Waals surface area contributed by atoms with Crippen molar-refractivity contribution in [3.05, 3.63) is 115 Å². The molecule has 0 heterocycles. The smallest absolute Gasteiger partial charge is 0.314 e. The van der Waals surface area contributed by atoms with Crippen LogP contribution in [0.15, 0.2) is 82.6 Å². The van der Waals surface area contributed by atoms with E-state index in [4.69, 9.17) is 74.8 Å². The number of benzene rings is 4. The van der Waals surface area contributed by atoms with Crippen molar-refractivity contribution in [2.24, 2.45) is 0 Å². The summed E-state index contributed by atoms with van der Waals surface area (Å²) in [6.45, 7) is 3.31. The van der Waals surface area contributed by atoms with E-state index in [0.29, 0.717) is 70.4 Å². The Labute approximate surface area is 477 Å². The number of rotatable bonds is 33. The predicted octanol–water partition coefficient (Wildman–Crippen LogP) is 6.21. The van der Waals surface area contributed by atoms with Gasteiger partial charge in [-0.05, 0) is 138 Å². The van der Waals surface area contributed by atoms with Crippen LogP contribution in [0.3, 0.4) is 0 Å². The van der Waals surface area contributed by atoms with Crippen LogP contribution >= 0.6 is 46.4 Å². The third-order valence-electron chi connectivity index (χ3n) is 12.7. The topological polar surface area (TPSA) is 236 Å². The lowest BCUT2D eigenvalue weighted by Crippen LogP contribution is -2.39. The molecule has 0 saturated heterocycles. The number of hydrogen-bond donors (Lipinski definition) is 6. The van der Waals surface area contributed by atoms with Crippen molar-refractivity contribution < 1.29 is 54.8 Å². The first-order chi connectivity index (χ1) is 37.3. The summed E-state index contributed by atoms with van der Waals surface area (Å²) in [5.41, 5.74) is 3.80. The minimum Gasteiger partial charge on any atom is -0.484 e. The van der Waals surface area contributed by atoms with Crippen molar-refractivity contribution in [2.45, 2.75) is 59.8 Å². The summed E-state index contributed by atoms with van der Waals surface area (Å²) in [4.78, 5) is 28.5. The first kappa shape index (κ1) is 62.9. The Morgan fingerprint density at radius 3 is 1.40 bits per heavy atom. The summed E-state index contributed by atoms with van der Waals surface area (Å²) in [5.74, 6) is 1.02. The highest BCUT2D eigenvalue weighted by molar-refractivity contribution is 7.89. The highest BCUT2D eigenvalue weighted by Crippen LogP contribution is 2.44. The zero-order chi connectivity index (χ0) is 56.2. The number of unbranched alkanes of at least 4 members (excludes halogenated alkanes) is 1. The molecule has 0 radical (unpaired) electrons. The van der Waals surface area contributed by atoms with Crippen LogP contribution in [0.25, 0.3) is 0 Å². The normalized spacial score (nSPS) is 17.0. The van der Waals surface area contributed by atoms with Gasteiger partial charge in [-0.2, -0.15) is 0 Å². The van der Waals surface area contributed by atoms with Crippen LogP contribution in [0.5, 0.6) is 11.5 Å². The molecule has 4 aromatic rings. The van der Waals surface area contributed by atoms with Crippen LogP contribution in [0, 0.1) is 0 Å². The Kier molecular flexibility index (Phi) is 25.1. The molecule has 6 N–H and O–H groups in total. The molecule has 0 bridgehead atoms. The molecule has 4 atom stereocenters. The standard InChI is InChI=1S/C52H70Cl4N8O12S2/c1-63(2)46-30-35-29-36(53)33-45(56)48(35)50(46)76-39-9-13-41(14-10-39)78(69,70)62-20-24-74-28-26-72-22-18-60-52(66)58-16-6-5-15-57-51(65)59-17-21-71-25-27-73-23-19-61-77(67,68)40-11-7-38(8-12-40)75-49-43-31-37(54)32-44(55)42(43)34-47(49)64(3)4/h7-14,29,31-33,46-47,49-50,61-62H,5-6,15-28,30,34H2,1-4H3,(H2,57,59,65)(H2,58,60,66)/t46-,47-,49-,50+/m1/s1. The molecule has 2 aliphatic rings. The number of amides is 4. The second-order valence-corrected chi connectivity index (χ2v) is 23.9. The van der Waals surface area contributed by atoms with E-state index < -0.39 is 20.0 Å². The molecule has 6 rings (SSSR count). The number of likely N-dealkylation sites (N-methyl/N-ethyl adjacent to an activating group) is 2. The fourth-order valence-electron chi connectivity index (χ4n) is 8.70. The summed E-state index contributed by atoms with van der Waals surface area (Å²) < 4.78 is 91.3. The molecule has 430 valence electrons. The maximum atomic E-state index is 12.9. The molecule has 0 aromatic heterocycles. The zero-order valence-corrected chi connectivity index (χ0v) is 48.7. The summed E-state index contributed by atoms with van der Waals surface area (Å²) >= 11 is 25.6. The second-order valence-electron chi connectivity index (χ2n) is 18.7. The van der Waals surface area contributed by atoms with E-state index in [1.807, 2.05) is 40.3 Å². The van der Waals surface area contributed by atoms with Gasteiger partial charge in [0.1, 0.15) is 23.7 Å². The summed E-state index contributed by atoms with van der Waals surface area (Å²) in [6, 6.07) is 19.0. The molecule has 78 heavy (non-hydrogen) atoms. The minimum absolute atomic E-state index is 0.0179. The predicted molar refractivity (Wildman–Crippen MR) is 301 cm³/mol. The number of sulfonamides is 2. The average Bonchev–Trinajstić information content (AvgIpc) is 3.98. The van der Waals surface area contributed by atoms with Gasteiger partial charge in [-0.15, -0.1) is 0 Å². The van der Waals surface area contributed by atoms with Crippen molar-refractivity contribution in [3.63, 3.8) is 0 Å². The van der Waals surface area contributed by atoms with Gasteiger partial charge < -0.3 is 59.5 Å². The molecule has 26 heteroatoms. The summed E-state index contributed by atoms with van der Waals surface area (Å²) in [6.07, 6.45) is 2.02. The molecule has 20 nitrogen and oxygen atoms in total. The van der Waals surface area contributed by atoms with E-state index >= 15 is 0 Å². The lowest BCUT2D eigenvalue weighted by Gasteiger charge is -2.27. The van der Waals surface area contributed by atoms with E-state index in [1.165, 1.54) is 24.3 Å². The number of hydrogen-bond acceptors (Lipinski definition) is 14. The van der Waals surface area contributed by atoms with Gasteiger partial charge in [0.2, 0.25) is 20.0 Å². The fourth-order valence-corrected chi connectivity index (χ4v) is 12.0. The number of nitrogens with zero attached hydrogens (tertiary/aromatic N) is 2. The van der Waals surface area contributed by atoms with Crippen molar-refractivity contribution in [2.75, 3.05) is 120 Å². The second kappa shape index (κ2) is 31.1. The Morgan fingerprint density at radius 2 is 0.923 bits per heavy atom. The first-order valence-electron chi connectivity index (χ1n) is 25.5. The Bertz CT molecular complexity index is 2810. The van der Waals surface area contributed by atoms with Crippen LogP contribution in [-0.2, 0) is 51.8 Å². The van der Waals surface area contributed by atoms with Crippen molar-refractivity contribution in [3.8, 4) is 11.5 Å². The highest BCUT2D eigenvalue weighted by atomic mass is 35.5. The lowest BCUT2D eigenvalue weighted by molar-refractivity contribution is 0.0516. The van der Waals surface area contributed by atoms with Crippen LogP contribution < -0.4 is 40.2 Å². The van der Waals surface area contributed by atoms with Gasteiger partial charge in [-0.3, -0.25) is 0 Å². The summed E-state index contributed by atoms with van der Waals surface area (Å²) in [7, 11) is 0.303. The van der Waals surface area contributed by atoms with E-state index in [0.717, 1.165) is 22.3 Å². The number of halogens is 4. The molecule has 0 saturated carbocycles. The number of carbonyl (C=O) groups excluding carboxylic acids is 2. The molecule has 2 aliphatic carbocycles. The van der Waals surface area contributed by atoms with Crippen LogP contribution in [-0.4, -0.2) is 171 Å². The quantitative estimate of drug-likeness (QED) is 0.0291. The van der Waals surface area contributed by atoms with Gasteiger partial charge in [0.15, 0.2) is 0 Å². The molecule has 0 aliphatic heterocycles. The molecule has 4 amide bonds. The van der Waals surface area contributed by atoms with E-state index in [2.05, 4.69) is 40.5 Å². The maximum Gasteiger partial charge on any atom is 0.314 e. The largest absolute Gasteiger partial charge is 0.484 e. The lowest BCUT2D eigenvalue weighted by atomic mass is 10.1. The van der Waals surface area contributed by atoms with Crippen LogP contribution in [0.1, 0.15) is 47.3 Å². The molecule has 4 aromatic carbocycles. The number of carbonyl (C=O) groups is 2. The molecular formula is C52H70Cl4N8O12S2. The summed E-state index contributed by atoms with van der Waals surface area (Å²) in [5, 5.41) is 13.1. The number of urea groups is 2. The SMILES string of the molecule is CN(C)[C@@H]1Cc2c(Cl)cc(Cl)cc2[C@H]1Oc1ccc(S(=O)(=O)NCCOCCOCCNC(=O)NCCCCNC(=O)NCCOCCOCCNS(=O)(=O)c2ccc(O[C@@H]3c4c(Cl)cc(Cl)cc4C[C@H]3N(C)C)cc2)cc1. The fraction of sp³-hybridized carbons (Fsp3) is 0.500. The van der Waals surface area contributed by atoms with E-state index in [1.54, 1.807) is 36.4 Å². The Morgan fingerprint density at radius 1 is 0.513 bits per heavy atom. The molecular weight excluding hydrogens is 1130 g/mol. The van der Waals surface area contributed by atoms with Gasteiger partial charge in [-0.1, -0.05) is 46.4 Å². The van der Waals surface area contributed by atoms with E-state index in [-0.39, 0.29) is 125 Å². The maximum absolute atomic E-state index is 12.9. The highest BCUT2D eigenvalue weighted by Gasteiger charge is 2.39. The molecule has 0 unspecified atom stereocenters. The van der Waals surface area contributed by atoms with Crippen LogP contribution in [0.2, 0.25) is 20.1 Å². The van der Waals surface area contributed by atoms with Crippen molar-refractivity contribution >= 4 is 78.5 Å². The van der Waals surface area contributed by atoms with Gasteiger partial charge in [0.05, 0.1) is 74.7 Å². The molecule has 0 fully saturated rings. The van der Waals surface area contributed by atoms with Gasteiger partial charge in [0.25, 0.3) is 0 Å². The van der Waals surface area contributed by atoms with Gasteiger partial charge >= 0.3 is 12.1 Å². The number of ether oxygens (including phenoxy) is 6. The monoisotopic (exact) mass is 1200 g/mol. The average molecular weight is 1210 g/mol. The molecule has 0 spiro atoms. The van der Waals surface area contributed by atoms with Crippen molar-refractivity contribution in [1.82, 2.24) is 40.5 Å². The van der Waals surface area contributed by atoms with Gasteiger partial charge in [-0.25, -0.2) is 35.9 Å². The third kappa shape index (κ3) is 19.2. The van der Waals surface area contributed by atoms with Gasteiger partial charge in [0, 0.05) is 70.5 Å². The zero-order valence-electron chi connectivity index (χ0n) is 44.1. The number of fused-ring (bicyclic) bond motifs is 2. The first-order valence-corrected chi connectivity index (χ1v) is 30.0. The third-order valence-corrected chi connectivity index (χ3v) is 16.7. The van der Waals surface area contributed by atoms with E-state index in [9.17, 15) is 26.4 Å².